The highest BCUT2D eigenvalue weighted by Gasteiger charge is 2.14. The van der Waals surface area contributed by atoms with Crippen LogP contribution in [0.5, 0.6) is 0 Å². The predicted octanol–water partition coefficient (Wildman–Crippen LogP) is 2.21. The van der Waals surface area contributed by atoms with Crippen molar-refractivity contribution in [1.29, 1.82) is 0 Å². The lowest BCUT2D eigenvalue weighted by Crippen LogP contribution is -2.04. The largest absolute Gasteiger partial charge is 0.370 e. The number of rotatable bonds is 5. The number of nitro groups is 1. The lowest BCUT2D eigenvalue weighted by atomic mass is 10.3. The Balaban J connectivity index is 2.45. The summed E-state index contributed by atoms with van der Waals surface area (Å²) < 4.78 is 1.77. The van der Waals surface area contributed by atoms with E-state index in [2.05, 4.69) is 15.3 Å². The fraction of sp³-hybridized carbons (Fsp3) is 0.333. The van der Waals surface area contributed by atoms with E-state index in [0.29, 0.717) is 23.9 Å². The second-order valence-corrected chi connectivity index (χ2v) is 4.14. The van der Waals surface area contributed by atoms with E-state index in [9.17, 15) is 10.1 Å². The summed E-state index contributed by atoms with van der Waals surface area (Å²) in [7, 11) is 1.82. The van der Waals surface area contributed by atoms with Gasteiger partial charge in [0.2, 0.25) is 0 Å². The molecule has 0 aliphatic carbocycles. The van der Waals surface area contributed by atoms with Gasteiger partial charge in [-0.2, -0.15) is 0 Å². The summed E-state index contributed by atoms with van der Waals surface area (Å²) in [5, 5.41) is 14.0. The first-order chi connectivity index (χ1) is 9.11. The Hall–Kier alpha value is -2.44. The molecule has 2 heterocycles. The number of nitrogens with one attached hydrogen (secondary N) is 1. The molecule has 0 saturated heterocycles. The number of hydrogen-bond donors (Lipinski definition) is 1. The third kappa shape index (κ3) is 2.87. The van der Waals surface area contributed by atoms with E-state index in [1.165, 1.54) is 12.1 Å². The fourth-order valence-electron chi connectivity index (χ4n) is 1.69. The smallest absolute Gasteiger partial charge is 0.275 e. The SMILES string of the molecule is CCCNc1cc([N+](=O)[O-])cc(-c2nccn2C)n1. The summed E-state index contributed by atoms with van der Waals surface area (Å²) >= 11 is 0. The molecule has 2 aromatic rings. The molecule has 0 aliphatic heterocycles. The van der Waals surface area contributed by atoms with Gasteiger partial charge < -0.3 is 9.88 Å². The van der Waals surface area contributed by atoms with Crippen molar-refractivity contribution in [3.05, 3.63) is 34.6 Å². The Kier molecular flexibility index (Phi) is 3.74. The summed E-state index contributed by atoms with van der Waals surface area (Å²) in [4.78, 5) is 19.0. The summed E-state index contributed by atoms with van der Waals surface area (Å²) in [5.41, 5.74) is 0.493. The standard InChI is InChI=1S/C12H15N5O2/c1-3-4-13-11-8-9(17(18)19)7-10(15-11)12-14-5-6-16(12)2/h5-8H,3-4H2,1-2H3,(H,13,15). The van der Waals surface area contributed by atoms with E-state index in [1.807, 2.05) is 14.0 Å². The van der Waals surface area contributed by atoms with Crippen molar-refractivity contribution in [2.24, 2.45) is 7.05 Å². The zero-order valence-electron chi connectivity index (χ0n) is 10.8. The molecule has 0 aliphatic rings. The number of hydrogen-bond acceptors (Lipinski definition) is 5. The van der Waals surface area contributed by atoms with Gasteiger partial charge in [0.1, 0.15) is 11.5 Å². The molecule has 0 aromatic carbocycles. The van der Waals surface area contributed by atoms with Crippen LogP contribution >= 0.6 is 0 Å². The van der Waals surface area contributed by atoms with Crippen molar-refractivity contribution in [3.8, 4) is 11.5 Å². The fourth-order valence-corrected chi connectivity index (χ4v) is 1.69. The van der Waals surface area contributed by atoms with E-state index in [4.69, 9.17) is 0 Å². The number of aromatic nitrogens is 3. The van der Waals surface area contributed by atoms with Crippen molar-refractivity contribution >= 4 is 11.5 Å². The average molecular weight is 261 g/mol. The quantitative estimate of drug-likeness (QED) is 0.658. The van der Waals surface area contributed by atoms with Gasteiger partial charge in [0, 0.05) is 32.1 Å². The zero-order valence-corrected chi connectivity index (χ0v) is 10.8. The van der Waals surface area contributed by atoms with Crippen molar-refractivity contribution < 1.29 is 4.92 Å². The minimum Gasteiger partial charge on any atom is -0.370 e. The third-order valence-corrected chi connectivity index (χ3v) is 2.63. The molecule has 0 spiro atoms. The Bertz CT molecular complexity index is 594. The average Bonchev–Trinajstić information content (AvgIpc) is 2.82. The minimum atomic E-state index is -0.425. The van der Waals surface area contributed by atoms with Gasteiger partial charge in [0.05, 0.1) is 11.0 Å². The number of nitrogens with zero attached hydrogens (tertiary/aromatic N) is 4. The maximum atomic E-state index is 11.0. The highest BCUT2D eigenvalue weighted by molar-refractivity contribution is 5.60. The molecule has 2 rings (SSSR count). The molecule has 0 bridgehead atoms. The van der Waals surface area contributed by atoms with Crippen LogP contribution in [0.1, 0.15) is 13.3 Å². The van der Waals surface area contributed by atoms with Gasteiger partial charge in [0.15, 0.2) is 5.82 Å². The lowest BCUT2D eigenvalue weighted by molar-refractivity contribution is -0.384. The van der Waals surface area contributed by atoms with Crippen LogP contribution in [0.2, 0.25) is 0 Å². The summed E-state index contributed by atoms with van der Waals surface area (Å²) in [6.45, 7) is 2.73. The first kappa shape index (κ1) is 13.0. The van der Waals surface area contributed by atoms with Gasteiger partial charge in [-0.05, 0) is 6.42 Å². The van der Waals surface area contributed by atoms with Gasteiger partial charge in [-0.25, -0.2) is 9.97 Å². The van der Waals surface area contributed by atoms with Crippen LogP contribution < -0.4 is 5.32 Å². The molecule has 0 unspecified atom stereocenters. The van der Waals surface area contributed by atoms with Gasteiger partial charge in [-0.15, -0.1) is 0 Å². The molecular formula is C12H15N5O2. The molecule has 0 amide bonds. The molecule has 7 nitrogen and oxygen atoms in total. The molecule has 0 saturated carbocycles. The first-order valence-electron chi connectivity index (χ1n) is 6.00. The summed E-state index contributed by atoms with van der Waals surface area (Å²) in [6, 6.07) is 2.86. The van der Waals surface area contributed by atoms with E-state index in [0.717, 1.165) is 6.42 Å². The van der Waals surface area contributed by atoms with Crippen LogP contribution in [0.3, 0.4) is 0 Å². The van der Waals surface area contributed by atoms with E-state index >= 15 is 0 Å². The van der Waals surface area contributed by atoms with Crippen LogP contribution in [-0.4, -0.2) is 26.0 Å². The molecule has 0 radical (unpaired) electrons. The number of anilines is 1. The van der Waals surface area contributed by atoms with Crippen LogP contribution in [0.25, 0.3) is 11.5 Å². The highest BCUT2D eigenvalue weighted by atomic mass is 16.6. The van der Waals surface area contributed by atoms with E-state index in [-0.39, 0.29) is 5.69 Å². The maximum Gasteiger partial charge on any atom is 0.275 e. The second kappa shape index (κ2) is 5.47. The van der Waals surface area contributed by atoms with Gasteiger partial charge in [-0.3, -0.25) is 10.1 Å². The number of aryl methyl sites for hydroxylation is 1. The molecule has 100 valence electrons. The van der Waals surface area contributed by atoms with Crippen molar-refractivity contribution in [1.82, 2.24) is 14.5 Å². The van der Waals surface area contributed by atoms with Gasteiger partial charge in [-0.1, -0.05) is 6.92 Å². The van der Waals surface area contributed by atoms with Crippen molar-refractivity contribution in [3.63, 3.8) is 0 Å². The highest BCUT2D eigenvalue weighted by Crippen LogP contribution is 2.23. The summed E-state index contributed by atoms with van der Waals surface area (Å²) in [5.74, 6) is 1.09. The zero-order chi connectivity index (χ0) is 13.8. The summed E-state index contributed by atoms with van der Waals surface area (Å²) in [6.07, 6.45) is 4.33. The maximum absolute atomic E-state index is 11.0. The van der Waals surface area contributed by atoms with Gasteiger partial charge >= 0.3 is 0 Å². The molecule has 0 atom stereocenters. The van der Waals surface area contributed by atoms with Crippen LogP contribution in [-0.2, 0) is 7.05 Å². The number of pyridine rings is 1. The Morgan fingerprint density at radius 3 is 2.84 bits per heavy atom. The minimum absolute atomic E-state index is 0.00611. The molecule has 1 N–H and O–H groups in total. The molecule has 19 heavy (non-hydrogen) atoms. The molecular weight excluding hydrogens is 246 g/mol. The Morgan fingerprint density at radius 2 is 2.26 bits per heavy atom. The van der Waals surface area contributed by atoms with Crippen molar-refractivity contribution in [2.75, 3.05) is 11.9 Å². The van der Waals surface area contributed by atoms with Crippen LogP contribution in [0, 0.1) is 10.1 Å². The lowest BCUT2D eigenvalue weighted by Gasteiger charge is -2.07. The number of imidazole rings is 1. The Labute approximate surface area is 110 Å². The van der Waals surface area contributed by atoms with Crippen LogP contribution in [0.15, 0.2) is 24.5 Å². The molecule has 0 fully saturated rings. The molecule has 2 aromatic heterocycles. The normalized spacial score (nSPS) is 10.4. The van der Waals surface area contributed by atoms with Crippen LogP contribution in [0.4, 0.5) is 11.5 Å². The topological polar surface area (TPSA) is 85.9 Å². The third-order valence-electron chi connectivity index (χ3n) is 2.63. The monoisotopic (exact) mass is 261 g/mol. The van der Waals surface area contributed by atoms with Gasteiger partial charge in [0.25, 0.3) is 5.69 Å². The van der Waals surface area contributed by atoms with E-state index < -0.39 is 4.92 Å². The van der Waals surface area contributed by atoms with E-state index in [1.54, 1.807) is 17.0 Å². The first-order valence-corrected chi connectivity index (χ1v) is 6.00. The molecule has 7 heteroatoms. The van der Waals surface area contributed by atoms with Crippen molar-refractivity contribution in [2.45, 2.75) is 13.3 Å². The second-order valence-electron chi connectivity index (χ2n) is 4.14. The Morgan fingerprint density at radius 1 is 1.47 bits per heavy atom. The predicted molar refractivity (Wildman–Crippen MR) is 71.9 cm³/mol.